The van der Waals surface area contributed by atoms with Crippen LogP contribution < -0.4 is 10.1 Å². The molecule has 0 aliphatic carbocycles. The van der Waals surface area contributed by atoms with Crippen molar-refractivity contribution in [3.05, 3.63) is 23.8 Å². The third kappa shape index (κ3) is 5.21. The van der Waals surface area contributed by atoms with Crippen molar-refractivity contribution >= 4 is 15.9 Å². The number of carbonyl (C=O) groups excluding carboxylic acids is 1. The van der Waals surface area contributed by atoms with Crippen molar-refractivity contribution in [1.82, 2.24) is 14.5 Å². The fourth-order valence-corrected chi connectivity index (χ4v) is 4.39. The number of nitrogens with one attached hydrogen (secondary N) is 1. The van der Waals surface area contributed by atoms with Crippen LogP contribution in [0.25, 0.3) is 0 Å². The molecule has 1 aliphatic heterocycles. The number of hydrogen-bond donors (Lipinski definition) is 1. The molecule has 152 valence electrons. The standard InChI is InChI=1S/C19H31N3O4S/c1-14-7-6-10-22(13-14)15(2)12-20-19(23)16-8-9-17(26-5)18(11-16)27(24,25)21(3)4/h8-9,11,14-15H,6-7,10,12-13H2,1-5H3,(H,20,23)/t14-,15-/m1/s1. The van der Waals surface area contributed by atoms with Gasteiger partial charge in [-0.05, 0) is 50.4 Å². The molecule has 1 N–H and O–H groups in total. The van der Waals surface area contributed by atoms with Crippen LogP contribution in [0.2, 0.25) is 0 Å². The summed E-state index contributed by atoms with van der Waals surface area (Å²) < 4.78 is 31.3. The van der Waals surface area contributed by atoms with Crippen molar-refractivity contribution in [2.45, 2.75) is 37.6 Å². The Bertz CT molecular complexity index is 764. The van der Waals surface area contributed by atoms with Gasteiger partial charge in [0, 0.05) is 38.8 Å². The molecule has 1 aromatic rings. The Morgan fingerprint density at radius 2 is 2.11 bits per heavy atom. The van der Waals surface area contributed by atoms with Gasteiger partial charge in [0.15, 0.2) is 0 Å². The first-order chi connectivity index (χ1) is 12.7. The summed E-state index contributed by atoms with van der Waals surface area (Å²) in [4.78, 5) is 14.9. The number of amides is 1. The van der Waals surface area contributed by atoms with E-state index < -0.39 is 10.0 Å². The zero-order valence-electron chi connectivity index (χ0n) is 16.9. The van der Waals surface area contributed by atoms with Gasteiger partial charge in [-0.3, -0.25) is 9.69 Å². The van der Waals surface area contributed by atoms with Gasteiger partial charge in [-0.1, -0.05) is 6.92 Å². The van der Waals surface area contributed by atoms with Gasteiger partial charge in [0.05, 0.1) is 7.11 Å². The molecular formula is C19H31N3O4S. The van der Waals surface area contributed by atoms with E-state index in [-0.39, 0.29) is 22.6 Å². The summed E-state index contributed by atoms with van der Waals surface area (Å²) in [5, 5.41) is 2.93. The minimum absolute atomic E-state index is 0.0134. The Morgan fingerprint density at radius 1 is 1.41 bits per heavy atom. The number of likely N-dealkylation sites (tertiary alicyclic amines) is 1. The van der Waals surface area contributed by atoms with E-state index in [1.54, 1.807) is 6.07 Å². The van der Waals surface area contributed by atoms with Gasteiger partial charge < -0.3 is 10.1 Å². The molecule has 0 saturated carbocycles. The Hall–Kier alpha value is -1.64. The van der Waals surface area contributed by atoms with Gasteiger partial charge in [-0.25, -0.2) is 12.7 Å². The second-order valence-corrected chi connectivity index (χ2v) is 9.57. The number of ether oxygens (including phenoxy) is 1. The van der Waals surface area contributed by atoms with Crippen molar-refractivity contribution in [3.8, 4) is 5.75 Å². The average Bonchev–Trinajstić information content (AvgIpc) is 2.65. The molecule has 1 amide bonds. The first-order valence-corrected chi connectivity index (χ1v) is 10.7. The molecule has 0 aromatic heterocycles. The van der Waals surface area contributed by atoms with E-state index in [1.165, 1.54) is 46.2 Å². The van der Waals surface area contributed by atoms with Crippen LogP contribution in [-0.4, -0.2) is 70.4 Å². The number of nitrogens with zero attached hydrogens (tertiary/aromatic N) is 2. The summed E-state index contributed by atoms with van der Waals surface area (Å²) >= 11 is 0. The van der Waals surface area contributed by atoms with Crippen molar-refractivity contribution in [2.75, 3.05) is 40.8 Å². The number of hydrogen-bond acceptors (Lipinski definition) is 5. The molecule has 2 rings (SSSR count). The number of carbonyl (C=O) groups is 1. The van der Waals surface area contributed by atoms with Crippen molar-refractivity contribution in [2.24, 2.45) is 5.92 Å². The lowest BCUT2D eigenvalue weighted by Gasteiger charge is -2.35. The summed E-state index contributed by atoms with van der Waals surface area (Å²) in [6.07, 6.45) is 2.44. The number of sulfonamides is 1. The minimum atomic E-state index is -3.71. The van der Waals surface area contributed by atoms with E-state index in [2.05, 4.69) is 24.1 Å². The zero-order valence-corrected chi connectivity index (χ0v) is 17.7. The number of piperidine rings is 1. The highest BCUT2D eigenvalue weighted by Crippen LogP contribution is 2.27. The largest absolute Gasteiger partial charge is 0.495 e. The van der Waals surface area contributed by atoms with Crippen LogP contribution in [-0.2, 0) is 10.0 Å². The smallest absolute Gasteiger partial charge is 0.251 e. The third-order valence-corrected chi connectivity index (χ3v) is 6.89. The third-order valence-electron chi connectivity index (χ3n) is 5.05. The summed E-state index contributed by atoms with van der Waals surface area (Å²) in [5.74, 6) is 0.609. The van der Waals surface area contributed by atoms with Gasteiger partial charge in [0.25, 0.3) is 5.91 Å². The maximum atomic E-state index is 12.6. The van der Waals surface area contributed by atoms with E-state index in [0.717, 1.165) is 17.4 Å². The predicted octanol–water partition coefficient (Wildman–Crippen LogP) is 1.80. The highest BCUT2D eigenvalue weighted by molar-refractivity contribution is 7.89. The average molecular weight is 398 g/mol. The van der Waals surface area contributed by atoms with Crippen LogP contribution in [0, 0.1) is 5.92 Å². The molecule has 8 heteroatoms. The summed E-state index contributed by atoms with van der Waals surface area (Å²) in [6, 6.07) is 4.70. The first kappa shape index (κ1) is 21.7. The van der Waals surface area contributed by atoms with E-state index in [1.807, 2.05) is 0 Å². The Kier molecular flexibility index (Phi) is 7.25. The lowest BCUT2D eigenvalue weighted by Crippen LogP contribution is -2.46. The van der Waals surface area contributed by atoms with Crippen molar-refractivity contribution < 1.29 is 17.9 Å². The Morgan fingerprint density at radius 3 is 2.70 bits per heavy atom. The molecule has 7 nitrogen and oxygen atoms in total. The summed E-state index contributed by atoms with van der Waals surface area (Å²) in [6.45, 7) is 6.98. The second kappa shape index (κ2) is 9.03. The highest BCUT2D eigenvalue weighted by atomic mass is 32.2. The normalized spacial score (nSPS) is 19.7. The van der Waals surface area contributed by atoms with Gasteiger partial charge in [0.2, 0.25) is 10.0 Å². The molecule has 1 fully saturated rings. The molecule has 1 aromatic carbocycles. The predicted molar refractivity (Wildman–Crippen MR) is 106 cm³/mol. The maximum Gasteiger partial charge on any atom is 0.251 e. The number of rotatable bonds is 7. The van der Waals surface area contributed by atoms with E-state index in [4.69, 9.17) is 4.74 Å². The second-order valence-electron chi connectivity index (χ2n) is 7.45. The quantitative estimate of drug-likeness (QED) is 0.759. The van der Waals surface area contributed by atoms with Crippen LogP contribution in [0.3, 0.4) is 0 Å². The lowest BCUT2D eigenvalue weighted by atomic mass is 9.99. The van der Waals surface area contributed by atoms with Crippen LogP contribution >= 0.6 is 0 Å². The highest BCUT2D eigenvalue weighted by Gasteiger charge is 2.25. The fraction of sp³-hybridized carbons (Fsp3) is 0.632. The summed E-state index contributed by atoms with van der Waals surface area (Å²) in [5.41, 5.74) is 0.301. The SMILES string of the molecule is COc1ccc(C(=O)NC[C@@H](C)N2CCC[C@@H](C)C2)cc1S(=O)(=O)N(C)C. The molecule has 0 radical (unpaired) electrons. The molecule has 1 heterocycles. The molecule has 1 aliphatic rings. The molecule has 0 unspecified atom stereocenters. The minimum Gasteiger partial charge on any atom is -0.495 e. The van der Waals surface area contributed by atoms with E-state index in [9.17, 15) is 13.2 Å². The molecule has 1 saturated heterocycles. The van der Waals surface area contributed by atoms with Crippen LogP contribution in [0.5, 0.6) is 5.75 Å². The van der Waals surface area contributed by atoms with E-state index in [0.29, 0.717) is 18.0 Å². The van der Waals surface area contributed by atoms with Gasteiger partial charge >= 0.3 is 0 Å². The van der Waals surface area contributed by atoms with Gasteiger partial charge in [-0.15, -0.1) is 0 Å². The molecular weight excluding hydrogens is 366 g/mol. The monoisotopic (exact) mass is 397 g/mol. The number of methoxy groups -OCH3 is 1. The first-order valence-electron chi connectivity index (χ1n) is 9.29. The topological polar surface area (TPSA) is 79.0 Å². The van der Waals surface area contributed by atoms with Crippen LogP contribution in [0.4, 0.5) is 0 Å². The fourth-order valence-electron chi connectivity index (χ4n) is 3.31. The number of benzene rings is 1. The van der Waals surface area contributed by atoms with Crippen molar-refractivity contribution in [3.63, 3.8) is 0 Å². The molecule has 2 atom stereocenters. The van der Waals surface area contributed by atoms with Crippen LogP contribution in [0.1, 0.15) is 37.0 Å². The summed E-state index contributed by atoms with van der Waals surface area (Å²) in [7, 11) is 0.592. The molecule has 0 spiro atoms. The maximum absolute atomic E-state index is 12.6. The van der Waals surface area contributed by atoms with Crippen LogP contribution in [0.15, 0.2) is 23.1 Å². The lowest BCUT2D eigenvalue weighted by molar-refractivity contribution is 0.0917. The molecule has 27 heavy (non-hydrogen) atoms. The van der Waals surface area contributed by atoms with Gasteiger partial charge in [-0.2, -0.15) is 0 Å². The molecule has 0 bridgehead atoms. The Balaban J connectivity index is 2.10. The van der Waals surface area contributed by atoms with Crippen molar-refractivity contribution in [1.29, 1.82) is 0 Å². The van der Waals surface area contributed by atoms with Gasteiger partial charge in [0.1, 0.15) is 10.6 Å². The Labute approximate surface area is 162 Å². The zero-order chi connectivity index (χ0) is 20.2. The van der Waals surface area contributed by atoms with E-state index >= 15 is 0 Å².